The number of hydrogen-bond acceptors (Lipinski definition) is 3. The summed E-state index contributed by atoms with van der Waals surface area (Å²) in [6.45, 7) is 3.12. The van der Waals surface area contributed by atoms with Gasteiger partial charge >= 0.3 is 0 Å². The van der Waals surface area contributed by atoms with Crippen LogP contribution in [0.1, 0.15) is 13.3 Å². The third-order valence-electron chi connectivity index (χ3n) is 3.19. The molecule has 0 radical (unpaired) electrons. The number of halogens is 1. The zero-order chi connectivity index (χ0) is 13.2. The Kier molecular flexibility index (Phi) is 4.42. The van der Waals surface area contributed by atoms with Crippen LogP contribution in [-0.4, -0.2) is 27.7 Å². The summed E-state index contributed by atoms with van der Waals surface area (Å²) in [6, 6.07) is 6.60. The summed E-state index contributed by atoms with van der Waals surface area (Å²) < 4.78 is 33.0. The summed E-state index contributed by atoms with van der Waals surface area (Å²) in [4.78, 5) is 0.289. The van der Waals surface area contributed by atoms with E-state index in [1.165, 1.54) is 0 Å². The first-order valence-electron chi connectivity index (χ1n) is 5.86. The van der Waals surface area contributed by atoms with Crippen molar-refractivity contribution in [3.63, 3.8) is 0 Å². The van der Waals surface area contributed by atoms with E-state index in [1.54, 1.807) is 24.3 Å². The Bertz CT molecular complexity index is 501. The largest absolute Gasteiger partial charge is 0.378 e. The van der Waals surface area contributed by atoms with Gasteiger partial charge in [-0.2, -0.15) is 0 Å². The second-order valence-electron chi connectivity index (χ2n) is 4.43. The fourth-order valence-electron chi connectivity index (χ4n) is 1.96. The lowest BCUT2D eigenvalue weighted by atomic mass is 10.0. The van der Waals surface area contributed by atoms with Gasteiger partial charge in [-0.3, -0.25) is 0 Å². The summed E-state index contributed by atoms with van der Waals surface area (Å²) in [7, 11) is -3.41. The Labute approximate surface area is 116 Å². The minimum atomic E-state index is -3.41. The van der Waals surface area contributed by atoms with Crippen LogP contribution in [-0.2, 0) is 14.8 Å². The highest BCUT2D eigenvalue weighted by Gasteiger charge is 2.26. The molecule has 1 fully saturated rings. The maximum Gasteiger partial charge on any atom is 0.240 e. The first kappa shape index (κ1) is 14.0. The van der Waals surface area contributed by atoms with Gasteiger partial charge in [-0.15, -0.1) is 0 Å². The third kappa shape index (κ3) is 3.32. The fourth-order valence-corrected chi connectivity index (χ4v) is 3.32. The van der Waals surface area contributed by atoms with Crippen LogP contribution in [0.15, 0.2) is 33.6 Å². The van der Waals surface area contributed by atoms with E-state index in [0.29, 0.717) is 13.2 Å². The van der Waals surface area contributed by atoms with Gasteiger partial charge in [0.2, 0.25) is 10.0 Å². The average Bonchev–Trinajstić information content (AvgIpc) is 2.73. The van der Waals surface area contributed by atoms with Gasteiger partial charge < -0.3 is 4.74 Å². The van der Waals surface area contributed by atoms with E-state index in [1.807, 2.05) is 6.92 Å². The first-order chi connectivity index (χ1) is 8.49. The Morgan fingerprint density at radius 1 is 1.39 bits per heavy atom. The lowest BCUT2D eigenvalue weighted by molar-refractivity contribution is 0.107. The van der Waals surface area contributed by atoms with Gasteiger partial charge in [0.15, 0.2) is 0 Å². The molecule has 0 amide bonds. The van der Waals surface area contributed by atoms with E-state index in [0.717, 1.165) is 10.9 Å². The normalized spacial score (nSPS) is 24.3. The monoisotopic (exact) mass is 333 g/mol. The van der Waals surface area contributed by atoms with Crippen molar-refractivity contribution < 1.29 is 13.2 Å². The van der Waals surface area contributed by atoms with Crippen molar-refractivity contribution in [1.82, 2.24) is 4.72 Å². The SMILES string of the molecule is CC1OCCC1CNS(=O)(=O)c1ccc(Br)cc1. The zero-order valence-corrected chi connectivity index (χ0v) is 12.5. The van der Waals surface area contributed by atoms with Gasteiger partial charge in [-0.05, 0) is 37.6 Å². The molecular formula is C12H16BrNO3S. The standard InChI is InChI=1S/C12H16BrNO3S/c1-9-10(6-7-17-9)8-14-18(15,16)12-4-2-11(13)3-5-12/h2-5,9-10,14H,6-8H2,1H3. The van der Waals surface area contributed by atoms with Crippen molar-refractivity contribution in [1.29, 1.82) is 0 Å². The molecule has 0 bridgehead atoms. The van der Waals surface area contributed by atoms with Gasteiger partial charge in [-0.1, -0.05) is 15.9 Å². The highest BCUT2D eigenvalue weighted by Crippen LogP contribution is 2.20. The van der Waals surface area contributed by atoms with Crippen LogP contribution in [0.3, 0.4) is 0 Å². The molecule has 1 N–H and O–H groups in total. The van der Waals surface area contributed by atoms with Crippen molar-refractivity contribution in [2.24, 2.45) is 5.92 Å². The highest BCUT2D eigenvalue weighted by molar-refractivity contribution is 9.10. The van der Waals surface area contributed by atoms with E-state index < -0.39 is 10.0 Å². The molecule has 1 aliphatic heterocycles. The van der Waals surface area contributed by atoms with Crippen molar-refractivity contribution >= 4 is 26.0 Å². The van der Waals surface area contributed by atoms with E-state index in [-0.39, 0.29) is 16.9 Å². The third-order valence-corrected chi connectivity index (χ3v) is 5.16. The Hall–Kier alpha value is -0.430. The topological polar surface area (TPSA) is 55.4 Å². The quantitative estimate of drug-likeness (QED) is 0.918. The minimum absolute atomic E-state index is 0.123. The molecule has 0 saturated carbocycles. The molecular weight excluding hydrogens is 318 g/mol. The molecule has 0 aliphatic carbocycles. The molecule has 1 heterocycles. The van der Waals surface area contributed by atoms with E-state index in [4.69, 9.17) is 4.74 Å². The zero-order valence-electron chi connectivity index (χ0n) is 10.1. The number of hydrogen-bond donors (Lipinski definition) is 1. The van der Waals surface area contributed by atoms with Crippen molar-refractivity contribution in [2.45, 2.75) is 24.3 Å². The maximum absolute atomic E-state index is 12.0. The Balaban J connectivity index is 2.01. The summed E-state index contributed by atoms with van der Waals surface area (Å²) in [5, 5.41) is 0. The molecule has 100 valence electrons. The molecule has 18 heavy (non-hydrogen) atoms. The summed E-state index contributed by atoms with van der Waals surface area (Å²) >= 11 is 3.28. The van der Waals surface area contributed by atoms with Crippen LogP contribution in [0, 0.1) is 5.92 Å². The molecule has 1 aromatic rings. The molecule has 1 aliphatic rings. The second kappa shape index (κ2) is 5.69. The van der Waals surface area contributed by atoms with Gasteiger partial charge in [0.25, 0.3) is 0 Å². The first-order valence-corrected chi connectivity index (χ1v) is 8.13. The van der Waals surface area contributed by atoms with E-state index in [2.05, 4.69) is 20.7 Å². The molecule has 2 unspecified atom stereocenters. The van der Waals surface area contributed by atoms with Crippen LogP contribution in [0.2, 0.25) is 0 Å². The summed E-state index contributed by atoms with van der Waals surface area (Å²) in [5.41, 5.74) is 0. The average molecular weight is 334 g/mol. The Morgan fingerprint density at radius 2 is 2.06 bits per heavy atom. The van der Waals surface area contributed by atoms with Crippen LogP contribution in [0.25, 0.3) is 0 Å². The predicted octanol–water partition coefficient (Wildman–Crippen LogP) is 2.15. The van der Waals surface area contributed by atoms with Crippen molar-refractivity contribution in [2.75, 3.05) is 13.2 Å². The van der Waals surface area contributed by atoms with Crippen LogP contribution in [0.5, 0.6) is 0 Å². The number of nitrogens with one attached hydrogen (secondary N) is 1. The number of benzene rings is 1. The summed E-state index contributed by atoms with van der Waals surface area (Å²) in [5.74, 6) is 0.259. The maximum atomic E-state index is 12.0. The number of sulfonamides is 1. The number of rotatable bonds is 4. The van der Waals surface area contributed by atoms with Crippen LogP contribution in [0.4, 0.5) is 0 Å². The van der Waals surface area contributed by atoms with Gasteiger partial charge in [-0.25, -0.2) is 13.1 Å². The lowest BCUT2D eigenvalue weighted by Gasteiger charge is -2.14. The van der Waals surface area contributed by atoms with E-state index >= 15 is 0 Å². The summed E-state index contributed by atoms with van der Waals surface area (Å²) in [6.07, 6.45) is 1.03. The van der Waals surface area contributed by atoms with E-state index in [9.17, 15) is 8.42 Å². The smallest absolute Gasteiger partial charge is 0.240 e. The molecule has 1 saturated heterocycles. The van der Waals surface area contributed by atoms with Gasteiger partial charge in [0, 0.05) is 23.5 Å². The molecule has 2 atom stereocenters. The second-order valence-corrected chi connectivity index (χ2v) is 7.11. The molecule has 0 aromatic heterocycles. The molecule has 4 nitrogen and oxygen atoms in total. The fraction of sp³-hybridized carbons (Fsp3) is 0.500. The lowest BCUT2D eigenvalue weighted by Crippen LogP contribution is -2.32. The predicted molar refractivity (Wildman–Crippen MR) is 72.9 cm³/mol. The van der Waals surface area contributed by atoms with Crippen LogP contribution >= 0.6 is 15.9 Å². The Morgan fingerprint density at radius 3 is 2.61 bits per heavy atom. The number of ether oxygens (including phenoxy) is 1. The van der Waals surface area contributed by atoms with Crippen molar-refractivity contribution in [3.8, 4) is 0 Å². The van der Waals surface area contributed by atoms with Crippen molar-refractivity contribution in [3.05, 3.63) is 28.7 Å². The highest BCUT2D eigenvalue weighted by atomic mass is 79.9. The van der Waals surface area contributed by atoms with Gasteiger partial charge in [0.05, 0.1) is 11.0 Å². The van der Waals surface area contributed by atoms with Crippen LogP contribution < -0.4 is 4.72 Å². The van der Waals surface area contributed by atoms with Gasteiger partial charge in [0.1, 0.15) is 0 Å². The molecule has 1 aromatic carbocycles. The molecule has 6 heteroatoms. The molecule has 0 spiro atoms. The molecule has 2 rings (SSSR count). The minimum Gasteiger partial charge on any atom is -0.378 e.